The van der Waals surface area contributed by atoms with Crippen LogP contribution in [0.3, 0.4) is 0 Å². The van der Waals surface area contributed by atoms with Crippen molar-refractivity contribution in [2.24, 2.45) is 5.92 Å². The number of hydrogen-bond acceptors (Lipinski definition) is 4. The summed E-state index contributed by atoms with van der Waals surface area (Å²) in [7, 11) is 0. The van der Waals surface area contributed by atoms with Crippen LogP contribution >= 0.6 is 11.6 Å². The van der Waals surface area contributed by atoms with Crippen LogP contribution in [0.25, 0.3) is 0 Å². The average Bonchev–Trinajstić information content (AvgIpc) is 2.33. The Morgan fingerprint density at radius 1 is 1.45 bits per heavy atom. The van der Waals surface area contributed by atoms with Gasteiger partial charge in [-0.05, 0) is 24.1 Å². The molecule has 2 aliphatic carbocycles. The molecule has 0 heterocycles. The maximum absolute atomic E-state index is 11.1. The third-order valence-electron chi connectivity index (χ3n) is 2.79. The van der Waals surface area contributed by atoms with Crippen molar-refractivity contribution >= 4 is 17.6 Å². The summed E-state index contributed by atoms with van der Waals surface area (Å²) in [6.07, 6.45) is 0.228. The van der Waals surface area contributed by atoms with E-state index in [9.17, 15) is 14.9 Å². The van der Waals surface area contributed by atoms with Crippen LogP contribution < -0.4 is 0 Å². The molecular formula is C14H18ClNO4. The van der Waals surface area contributed by atoms with E-state index < -0.39 is 16.9 Å². The van der Waals surface area contributed by atoms with Gasteiger partial charge in [-0.2, -0.15) is 0 Å². The Labute approximate surface area is 122 Å². The average molecular weight is 300 g/mol. The smallest absolute Gasteiger partial charge is 0.381 e. The van der Waals surface area contributed by atoms with Gasteiger partial charge in [0.1, 0.15) is 0 Å². The third-order valence-corrected chi connectivity index (χ3v) is 3.10. The van der Waals surface area contributed by atoms with Crippen LogP contribution in [0.15, 0.2) is 18.2 Å². The van der Waals surface area contributed by atoms with Crippen LogP contribution in [0, 0.1) is 26.5 Å². The van der Waals surface area contributed by atoms with E-state index in [1.54, 1.807) is 6.92 Å². The van der Waals surface area contributed by atoms with Crippen molar-refractivity contribution in [2.45, 2.75) is 33.2 Å². The number of esters is 1. The number of hydrogen-bond donors (Lipinski definition) is 0. The van der Waals surface area contributed by atoms with Gasteiger partial charge in [0.05, 0.1) is 6.61 Å². The predicted octanol–water partition coefficient (Wildman–Crippen LogP) is 3.18. The van der Waals surface area contributed by atoms with E-state index in [1.807, 2.05) is 26.0 Å². The zero-order chi connectivity index (χ0) is 15.3. The Hall–Kier alpha value is -1.62. The van der Waals surface area contributed by atoms with Crippen LogP contribution in [0.5, 0.6) is 0 Å². The van der Waals surface area contributed by atoms with Crippen molar-refractivity contribution in [2.75, 3.05) is 6.61 Å². The molecule has 2 aliphatic rings. The van der Waals surface area contributed by atoms with E-state index in [2.05, 4.69) is 10.8 Å². The Morgan fingerprint density at radius 2 is 2.10 bits per heavy atom. The molecule has 5 nitrogen and oxygen atoms in total. The summed E-state index contributed by atoms with van der Waals surface area (Å²) in [5, 5.41) is 13.9. The lowest BCUT2D eigenvalue weighted by molar-refractivity contribution is -0.512. The Kier molecular flexibility index (Phi) is 5.95. The summed E-state index contributed by atoms with van der Waals surface area (Å²) in [5.41, 5.74) is 0. The van der Waals surface area contributed by atoms with Crippen molar-refractivity contribution < 1.29 is 14.5 Å². The van der Waals surface area contributed by atoms with E-state index in [4.69, 9.17) is 11.6 Å². The number of carbonyl (C=O) groups is 1. The summed E-state index contributed by atoms with van der Waals surface area (Å²) in [5.74, 6) is -0.624. The Morgan fingerprint density at radius 3 is 2.30 bits per heavy atom. The van der Waals surface area contributed by atoms with E-state index in [1.165, 1.54) is 10.4 Å². The maximum Gasteiger partial charge on any atom is 0.381 e. The molecular weight excluding hydrogens is 282 g/mol. The molecule has 0 saturated carbocycles. The molecule has 6 heteroatoms. The van der Waals surface area contributed by atoms with Gasteiger partial charge in [0.25, 0.3) is 0 Å². The first-order chi connectivity index (χ1) is 9.36. The van der Waals surface area contributed by atoms with E-state index in [0.29, 0.717) is 0 Å². The fourth-order valence-corrected chi connectivity index (χ4v) is 1.99. The van der Waals surface area contributed by atoms with Gasteiger partial charge in [0.2, 0.25) is 0 Å². The summed E-state index contributed by atoms with van der Waals surface area (Å²) in [6.45, 7) is 5.47. The second-order valence-electron chi connectivity index (χ2n) is 4.88. The van der Waals surface area contributed by atoms with Crippen LogP contribution in [0.2, 0.25) is 5.02 Å². The van der Waals surface area contributed by atoms with Gasteiger partial charge in [-0.1, -0.05) is 37.6 Å². The third kappa shape index (κ3) is 4.20. The highest BCUT2D eigenvalue weighted by atomic mass is 35.5. The minimum Gasteiger partial charge on any atom is -0.461 e. The van der Waals surface area contributed by atoms with Gasteiger partial charge in [-0.3, -0.25) is 10.1 Å². The standard InChI is InChI=1S/C8H15NO4.C6H3Cl/c1-4-13-8(10)7(9(11)12)5-6(2)3;7-6-3-4-1-2-5(4)6/h6-7H,4-5H2,1-3H3;1-3H. The highest BCUT2D eigenvalue weighted by Gasteiger charge is 2.31. The van der Waals surface area contributed by atoms with E-state index >= 15 is 0 Å². The van der Waals surface area contributed by atoms with Crippen molar-refractivity contribution in [1.82, 2.24) is 0 Å². The second kappa shape index (κ2) is 7.24. The van der Waals surface area contributed by atoms with Crippen molar-refractivity contribution in [3.8, 4) is 0 Å². The van der Waals surface area contributed by atoms with Gasteiger partial charge in [0.15, 0.2) is 0 Å². The largest absolute Gasteiger partial charge is 0.461 e. The lowest BCUT2D eigenvalue weighted by Crippen LogP contribution is -2.32. The summed E-state index contributed by atoms with van der Waals surface area (Å²) < 4.78 is 4.59. The number of ether oxygens (including phenoxy) is 1. The molecule has 0 fully saturated rings. The van der Waals surface area contributed by atoms with Crippen LogP contribution in [0.1, 0.15) is 27.2 Å². The molecule has 110 valence electrons. The number of halogens is 1. The molecule has 0 aromatic rings. The van der Waals surface area contributed by atoms with Crippen molar-refractivity contribution in [1.29, 1.82) is 0 Å². The molecule has 1 unspecified atom stereocenters. The number of nitro groups is 1. The molecule has 0 spiro atoms. The summed E-state index contributed by atoms with van der Waals surface area (Å²) in [4.78, 5) is 20.9. The molecule has 0 aromatic heterocycles. The van der Waals surface area contributed by atoms with Gasteiger partial charge >= 0.3 is 12.0 Å². The summed E-state index contributed by atoms with van der Waals surface area (Å²) >= 11 is 5.60. The molecule has 0 aliphatic heterocycles. The zero-order valence-electron chi connectivity index (χ0n) is 11.8. The molecule has 0 N–H and O–H groups in total. The first-order valence-electron chi connectivity index (χ1n) is 6.46. The second-order valence-corrected chi connectivity index (χ2v) is 5.28. The quantitative estimate of drug-likeness (QED) is 0.483. The van der Waals surface area contributed by atoms with Gasteiger partial charge in [0, 0.05) is 21.6 Å². The lowest BCUT2D eigenvalue weighted by atomic mass is 10.0. The number of carbonyl (C=O) groups excluding carboxylic acids is 1. The van der Waals surface area contributed by atoms with Crippen molar-refractivity contribution in [3.05, 3.63) is 43.8 Å². The van der Waals surface area contributed by atoms with Crippen LogP contribution in [0.4, 0.5) is 0 Å². The normalized spacial score (nSPS) is 12.2. The molecule has 0 aromatic carbocycles. The minimum absolute atomic E-state index is 0.111. The van der Waals surface area contributed by atoms with Gasteiger partial charge in [-0.15, -0.1) is 0 Å². The molecule has 1 atom stereocenters. The van der Waals surface area contributed by atoms with E-state index in [-0.39, 0.29) is 18.9 Å². The maximum atomic E-state index is 11.1. The van der Waals surface area contributed by atoms with Crippen LogP contribution in [-0.2, 0) is 9.53 Å². The lowest BCUT2D eigenvalue weighted by Gasteiger charge is -2.09. The SMILES string of the molecule is CCOC(=O)C(CC(C)C)[N+](=O)[O-].Clc1cc2ccc1=2. The van der Waals surface area contributed by atoms with E-state index in [0.717, 1.165) is 5.02 Å². The van der Waals surface area contributed by atoms with Crippen molar-refractivity contribution in [3.63, 3.8) is 0 Å². The highest BCUT2D eigenvalue weighted by molar-refractivity contribution is 6.31. The topological polar surface area (TPSA) is 69.4 Å². The first-order valence-corrected chi connectivity index (χ1v) is 6.84. The molecule has 0 radical (unpaired) electrons. The summed E-state index contributed by atoms with van der Waals surface area (Å²) in [6, 6.07) is 4.84. The number of benzene rings is 1. The molecule has 2 rings (SSSR count). The molecule has 0 bridgehead atoms. The van der Waals surface area contributed by atoms with Gasteiger partial charge < -0.3 is 4.74 Å². The number of rotatable bonds is 5. The van der Waals surface area contributed by atoms with Gasteiger partial charge in [-0.25, -0.2) is 4.79 Å². The Bertz CT molecular complexity index is 585. The van der Waals surface area contributed by atoms with Crippen LogP contribution in [-0.4, -0.2) is 23.5 Å². The molecule has 0 amide bonds. The molecule has 0 saturated heterocycles. The minimum atomic E-state index is -1.21. The first kappa shape index (κ1) is 16.4. The monoisotopic (exact) mass is 299 g/mol. The highest BCUT2D eigenvalue weighted by Crippen LogP contribution is 2.20. The fourth-order valence-electron chi connectivity index (χ4n) is 1.70. The number of nitrogens with zero attached hydrogens (tertiary/aromatic N) is 1. The Balaban J connectivity index is 0.000000233. The fraction of sp³-hybridized carbons (Fsp3) is 0.500. The predicted molar refractivity (Wildman–Crippen MR) is 76.0 cm³/mol. The zero-order valence-corrected chi connectivity index (χ0v) is 12.5. The molecule has 20 heavy (non-hydrogen) atoms.